The van der Waals surface area contributed by atoms with Gasteiger partial charge in [0.15, 0.2) is 0 Å². The molecule has 2 rings (SSSR count). The van der Waals surface area contributed by atoms with Gasteiger partial charge in [0.05, 0.1) is 17.7 Å². The van der Waals surface area contributed by atoms with Gasteiger partial charge in [-0.25, -0.2) is 0 Å². The van der Waals surface area contributed by atoms with Gasteiger partial charge in [0.25, 0.3) is 5.91 Å². The zero-order valence-corrected chi connectivity index (χ0v) is 10.7. The number of amides is 1. The molecule has 1 fully saturated rings. The zero-order valence-electron chi connectivity index (χ0n) is 9.94. The van der Waals surface area contributed by atoms with Crippen molar-refractivity contribution in [3.05, 3.63) is 28.8 Å². The average Bonchev–Trinajstić information content (AvgIpc) is 2.76. The highest BCUT2D eigenvalue weighted by atomic mass is 35.5. The summed E-state index contributed by atoms with van der Waals surface area (Å²) in [6.07, 6.45) is -0.0524. The van der Waals surface area contributed by atoms with Gasteiger partial charge in [0, 0.05) is 25.2 Å². The van der Waals surface area contributed by atoms with E-state index >= 15 is 0 Å². The van der Waals surface area contributed by atoms with Crippen molar-refractivity contribution in [1.82, 2.24) is 10.6 Å². The molecule has 0 aromatic heterocycles. The number of hydrogen-bond acceptors (Lipinski definition) is 4. The smallest absolute Gasteiger partial charge is 0.255 e. The first-order chi connectivity index (χ1) is 8.61. The topological polar surface area (TPSA) is 70.6 Å². The van der Waals surface area contributed by atoms with Crippen LogP contribution in [0, 0.1) is 0 Å². The van der Waals surface area contributed by atoms with Crippen molar-refractivity contribution in [2.75, 3.05) is 20.2 Å². The Hall–Kier alpha value is -1.30. The molecule has 0 spiro atoms. The maximum atomic E-state index is 12.0. The Bertz CT molecular complexity index is 453. The first-order valence-corrected chi connectivity index (χ1v) is 6.02. The predicted molar refractivity (Wildman–Crippen MR) is 68.0 cm³/mol. The Morgan fingerprint density at radius 2 is 2.33 bits per heavy atom. The highest BCUT2D eigenvalue weighted by Crippen LogP contribution is 2.22. The Labute approximate surface area is 110 Å². The summed E-state index contributed by atoms with van der Waals surface area (Å²) < 4.78 is 5.25. The SMILES string of the molecule is CO[C@H]1CNCC1NC(=O)c1ccc(Cl)cc1O. The molecule has 1 aromatic rings. The van der Waals surface area contributed by atoms with Gasteiger partial charge in [0.2, 0.25) is 0 Å². The Morgan fingerprint density at radius 3 is 3.00 bits per heavy atom. The van der Waals surface area contributed by atoms with E-state index in [2.05, 4.69) is 10.6 Å². The molecular formula is C12H15ClN2O3. The maximum Gasteiger partial charge on any atom is 0.255 e. The minimum atomic E-state index is -0.333. The molecule has 1 saturated heterocycles. The van der Waals surface area contributed by atoms with Gasteiger partial charge >= 0.3 is 0 Å². The van der Waals surface area contributed by atoms with E-state index in [-0.39, 0.29) is 29.4 Å². The van der Waals surface area contributed by atoms with Gasteiger partial charge in [-0.1, -0.05) is 11.6 Å². The Kier molecular flexibility index (Phi) is 4.06. The second-order valence-corrected chi connectivity index (χ2v) is 4.61. The number of aromatic hydroxyl groups is 1. The van der Waals surface area contributed by atoms with Crippen LogP contribution in [0.3, 0.4) is 0 Å². The van der Waals surface area contributed by atoms with Crippen molar-refractivity contribution in [3.63, 3.8) is 0 Å². The van der Waals surface area contributed by atoms with Crippen molar-refractivity contribution in [2.45, 2.75) is 12.1 Å². The first kappa shape index (κ1) is 13.1. The van der Waals surface area contributed by atoms with E-state index in [1.807, 2.05) is 0 Å². The van der Waals surface area contributed by atoms with Crippen molar-refractivity contribution in [2.24, 2.45) is 0 Å². The number of carbonyl (C=O) groups is 1. The molecule has 5 nitrogen and oxygen atoms in total. The van der Waals surface area contributed by atoms with Crippen LogP contribution in [0.4, 0.5) is 0 Å². The Morgan fingerprint density at radius 1 is 1.56 bits per heavy atom. The highest BCUT2D eigenvalue weighted by molar-refractivity contribution is 6.30. The van der Waals surface area contributed by atoms with Crippen molar-refractivity contribution in [1.29, 1.82) is 0 Å². The molecule has 1 aliphatic rings. The van der Waals surface area contributed by atoms with Gasteiger partial charge in [-0.15, -0.1) is 0 Å². The van der Waals surface area contributed by atoms with Crippen LogP contribution in [-0.4, -0.2) is 43.4 Å². The largest absolute Gasteiger partial charge is 0.507 e. The minimum absolute atomic E-state index is 0.0524. The minimum Gasteiger partial charge on any atom is -0.507 e. The molecule has 1 aromatic carbocycles. The molecule has 0 saturated carbocycles. The van der Waals surface area contributed by atoms with E-state index in [9.17, 15) is 9.90 Å². The third-order valence-electron chi connectivity index (χ3n) is 2.98. The number of halogens is 1. The molecule has 98 valence electrons. The molecule has 2 atom stereocenters. The quantitative estimate of drug-likeness (QED) is 0.759. The van der Waals surface area contributed by atoms with Crippen molar-refractivity contribution < 1.29 is 14.6 Å². The Balaban J connectivity index is 2.07. The van der Waals surface area contributed by atoms with Crippen LogP contribution < -0.4 is 10.6 Å². The third-order valence-corrected chi connectivity index (χ3v) is 3.22. The number of phenols is 1. The number of phenolic OH excluding ortho intramolecular Hbond substituents is 1. The lowest BCUT2D eigenvalue weighted by atomic mass is 10.1. The van der Waals surface area contributed by atoms with E-state index in [1.54, 1.807) is 13.2 Å². The summed E-state index contributed by atoms with van der Waals surface area (Å²) in [5.74, 6) is -0.458. The lowest BCUT2D eigenvalue weighted by molar-refractivity contribution is 0.0778. The summed E-state index contributed by atoms with van der Waals surface area (Å²) in [7, 11) is 1.61. The fourth-order valence-corrected chi connectivity index (χ4v) is 2.16. The van der Waals surface area contributed by atoms with Crippen LogP contribution in [0.15, 0.2) is 18.2 Å². The predicted octanol–water partition coefficient (Wildman–Crippen LogP) is 0.762. The van der Waals surface area contributed by atoms with Gasteiger partial charge < -0.3 is 20.5 Å². The lowest BCUT2D eigenvalue weighted by Crippen LogP contribution is -2.43. The van der Waals surface area contributed by atoms with E-state index in [4.69, 9.17) is 16.3 Å². The normalized spacial score (nSPS) is 23.0. The zero-order chi connectivity index (χ0) is 13.1. The van der Waals surface area contributed by atoms with Crippen LogP contribution >= 0.6 is 11.6 Å². The number of methoxy groups -OCH3 is 1. The molecule has 3 N–H and O–H groups in total. The fourth-order valence-electron chi connectivity index (χ4n) is 1.99. The molecule has 1 heterocycles. The van der Waals surface area contributed by atoms with Gasteiger partial charge in [-0.3, -0.25) is 4.79 Å². The highest BCUT2D eigenvalue weighted by Gasteiger charge is 2.28. The summed E-state index contributed by atoms with van der Waals surface area (Å²) in [5.41, 5.74) is 0.209. The number of carbonyl (C=O) groups excluding carboxylic acids is 1. The summed E-state index contributed by atoms with van der Waals surface area (Å²) >= 11 is 5.72. The fraction of sp³-hybridized carbons (Fsp3) is 0.417. The molecule has 18 heavy (non-hydrogen) atoms. The molecule has 6 heteroatoms. The van der Waals surface area contributed by atoms with Crippen LogP contribution in [0.5, 0.6) is 5.75 Å². The molecule has 0 bridgehead atoms. The van der Waals surface area contributed by atoms with Gasteiger partial charge in [-0.2, -0.15) is 0 Å². The molecule has 1 unspecified atom stereocenters. The first-order valence-electron chi connectivity index (χ1n) is 5.64. The van der Waals surface area contributed by atoms with E-state index in [1.165, 1.54) is 12.1 Å². The third kappa shape index (κ3) is 2.75. The second-order valence-electron chi connectivity index (χ2n) is 4.17. The summed E-state index contributed by atoms with van der Waals surface area (Å²) in [6.45, 7) is 1.35. The van der Waals surface area contributed by atoms with Crippen molar-refractivity contribution >= 4 is 17.5 Å². The summed E-state index contributed by atoms with van der Waals surface area (Å²) in [4.78, 5) is 12.0. The number of benzene rings is 1. The summed E-state index contributed by atoms with van der Waals surface area (Å²) in [5, 5.41) is 16.0. The number of rotatable bonds is 3. The standard InChI is InChI=1S/C12H15ClN2O3/c1-18-11-6-14-5-9(11)15-12(17)8-3-2-7(13)4-10(8)16/h2-4,9,11,14,16H,5-6H2,1H3,(H,15,17)/t9?,11-/m0/s1. The number of nitrogens with one attached hydrogen (secondary N) is 2. The van der Waals surface area contributed by atoms with Crippen LogP contribution in [0.2, 0.25) is 5.02 Å². The number of ether oxygens (including phenoxy) is 1. The van der Waals surface area contributed by atoms with Crippen LogP contribution in [0.1, 0.15) is 10.4 Å². The molecular weight excluding hydrogens is 256 g/mol. The van der Waals surface area contributed by atoms with Crippen molar-refractivity contribution in [3.8, 4) is 5.75 Å². The van der Waals surface area contributed by atoms with E-state index in [0.717, 1.165) is 0 Å². The monoisotopic (exact) mass is 270 g/mol. The van der Waals surface area contributed by atoms with E-state index < -0.39 is 0 Å². The second kappa shape index (κ2) is 5.56. The summed E-state index contributed by atoms with van der Waals surface area (Å²) in [6, 6.07) is 4.31. The van der Waals surface area contributed by atoms with E-state index in [0.29, 0.717) is 18.1 Å². The molecule has 0 radical (unpaired) electrons. The maximum absolute atomic E-state index is 12.0. The molecule has 0 aliphatic carbocycles. The number of hydrogen-bond donors (Lipinski definition) is 3. The van der Waals surface area contributed by atoms with Gasteiger partial charge in [0.1, 0.15) is 5.75 Å². The lowest BCUT2D eigenvalue weighted by Gasteiger charge is -2.18. The molecule has 1 amide bonds. The van der Waals surface area contributed by atoms with Crippen LogP contribution in [0.25, 0.3) is 0 Å². The van der Waals surface area contributed by atoms with Crippen LogP contribution in [-0.2, 0) is 4.74 Å². The average molecular weight is 271 g/mol. The van der Waals surface area contributed by atoms with Gasteiger partial charge in [-0.05, 0) is 18.2 Å². The molecule has 1 aliphatic heterocycles.